The van der Waals surface area contributed by atoms with Crippen LogP contribution in [0.4, 0.5) is 11.4 Å². The molecule has 2 aromatic carbocycles. The molecule has 0 aliphatic heterocycles. The van der Waals surface area contributed by atoms with Crippen LogP contribution in [0, 0.1) is 13.1 Å². The van der Waals surface area contributed by atoms with Crippen molar-refractivity contribution in [2.24, 2.45) is 0 Å². The van der Waals surface area contributed by atoms with Crippen molar-refractivity contribution in [1.82, 2.24) is 10.6 Å². The summed E-state index contributed by atoms with van der Waals surface area (Å²) in [4.78, 5) is 30.7. The Hall–Kier alpha value is -3.64. The van der Waals surface area contributed by atoms with Gasteiger partial charge < -0.3 is 10.6 Å². The first-order valence-corrected chi connectivity index (χ1v) is 9.65. The number of amides is 2. The van der Waals surface area contributed by atoms with Gasteiger partial charge in [0.25, 0.3) is 0 Å². The summed E-state index contributed by atoms with van der Waals surface area (Å²) in [6.07, 6.45) is 4.83. The summed E-state index contributed by atoms with van der Waals surface area (Å²) < 4.78 is 0. The molecule has 0 saturated heterocycles. The predicted octanol–water partition coefficient (Wildman–Crippen LogP) is 4.90. The predicted molar refractivity (Wildman–Crippen MR) is 113 cm³/mol. The maximum absolute atomic E-state index is 12.0. The first kappa shape index (κ1) is 21.7. The number of unbranched alkanes of at least 4 members (excludes halogenated alkanes) is 4. The molecule has 2 rings (SSSR count). The molecule has 0 spiro atoms. The zero-order valence-electron chi connectivity index (χ0n) is 16.3. The summed E-state index contributed by atoms with van der Waals surface area (Å²) in [5.74, 6) is -0.305. The van der Waals surface area contributed by atoms with Gasteiger partial charge in [-0.25, -0.2) is 9.69 Å². The first-order chi connectivity index (χ1) is 14.1. The van der Waals surface area contributed by atoms with Crippen molar-refractivity contribution in [3.8, 4) is 0 Å². The average Bonchev–Trinajstić information content (AvgIpc) is 2.77. The van der Waals surface area contributed by atoms with Crippen molar-refractivity contribution in [2.75, 3.05) is 13.1 Å². The zero-order chi connectivity index (χ0) is 20.9. The molecule has 6 heteroatoms. The minimum atomic E-state index is -0.152. The van der Waals surface area contributed by atoms with Crippen LogP contribution in [0.5, 0.6) is 0 Å². The van der Waals surface area contributed by atoms with E-state index in [2.05, 4.69) is 20.3 Å². The molecule has 0 aliphatic carbocycles. The van der Waals surface area contributed by atoms with Crippen LogP contribution < -0.4 is 10.6 Å². The summed E-state index contributed by atoms with van der Waals surface area (Å²) in [6.45, 7) is 15.2. The smallest absolute Gasteiger partial charge is 0.250 e. The third-order valence-corrected chi connectivity index (χ3v) is 4.40. The minimum Gasteiger partial charge on any atom is -0.352 e. The zero-order valence-corrected chi connectivity index (χ0v) is 16.3. The lowest BCUT2D eigenvalue weighted by molar-refractivity contribution is 0.0945. The molecule has 6 nitrogen and oxygen atoms in total. The van der Waals surface area contributed by atoms with E-state index in [1.165, 1.54) is 0 Å². The second-order valence-electron chi connectivity index (χ2n) is 6.60. The Labute approximate surface area is 171 Å². The van der Waals surface area contributed by atoms with Crippen LogP contribution in [0.25, 0.3) is 9.69 Å². The number of carbonyl (C=O) groups is 2. The summed E-state index contributed by atoms with van der Waals surface area (Å²) >= 11 is 0. The largest absolute Gasteiger partial charge is 0.352 e. The van der Waals surface area contributed by atoms with Crippen molar-refractivity contribution in [3.63, 3.8) is 0 Å². The maximum Gasteiger partial charge on any atom is 0.250 e. The molecular weight excluding hydrogens is 364 g/mol. The lowest BCUT2D eigenvalue weighted by atomic mass is 10.1. The van der Waals surface area contributed by atoms with E-state index in [1.54, 1.807) is 48.5 Å². The highest BCUT2D eigenvalue weighted by molar-refractivity contribution is 5.95. The molecule has 2 N–H and O–H groups in total. The Morgan fingerprint density at radius 2 is 1.10 bits per heavy atom. The summed E-state index contributed by atoms with van der Waals surface area (Å²) in [5.41, 5.74) is 1.94. The SMILES string of the molecule is [C-]#[N+]c1cccc(C(=O)NCCCCCCCNC(=O)c2cccc([N+]#[C-])c2)c1. The highest BCUT2D eigenvalue weighted by Crippen LogP contribution is 2.14. The van der Waals surface area contributed by atoms with Gasteiger partial charge in [-0.3, -0.25) is 9.59 Å². The van der Waals surface area contributed by atoms with Gasteiger partial charge in [-0.15, -0.1) is 0 Å². The third kappa shape index (κ3) is 7.48. The molecule has 0 atom stereocenters. The molecule has 0 aromatic heterocycles. The number of nitrogens with zero attached hydrogens (tertiary/aromatic N) is 2. The van der Waals surface area contributed by atoms with Crippen LogP contribution in [0.3, 0.4) is 0 Å². The molecule has 29 heavy (non-hydrogen) atoms. The highest BCUT2D eigenvalue weighted by Gasteiger charge is 2.06. The van der Waals surface area contributed by atoms with Crippen LogP contribution >= 0.6 is 0 Å². The summed E-state index contributed by atoms with van der Waals surface area (Å²) in [6, 6.07) is 13.4. The van der Waals surface area contributed by atoms with Gasteiger partial charge in [0.1, 0.15) is 0 Å². The van der Waals surface area contributed by atoms with Gasteiger partial charge in [-0.05, 0) is 25.0 Å². The number of carbonyl (C=O) groups excluding carboxylic acids is 2. The molecular formula is C23H24N4O2. The topological polar surface area (TPSA) is 66.9 Å². The molecule has 0 fully saturated rings. The number of hydrogen-bond acceptors (Lipinski definition) is 2. The Balaban J connectivity index is 1.53. The fraction of sp³-hybridized carbons (Fsp3) is 0.304. The van der Waals surface area contributed by atoms with Gasteiger partial charge >= 0.3 is 0 Å². The van der Waals surface area contributed by atoms with Crippen LogP contribution in [-0.4, -0.2) is 24.9 Å². The molecule has 2 aromatic rings. The van der Waals surface area contributed by atoms with Gasteiger partial charge in [-0.2, -0.15) is 0 Å². The third-order valence-electron chi connectivity index (χ3n) is 4.40. The van der Waals surface area contributed by atoms with Crippen molar-refractivity contribution in [1.29, 1.82) is 0 Å². The molecule has 0 aliphatic rings. The van der Waals surface area contributed by atoms with Gasteiger partial charge in [0.2, 0.25) is 11.8 Å². The monoisotopic (exact) mass is 388 g/mol. The van der Waals surface area contributed by atoms with E-state index in [1.807, 2.05) is 0 Å². The van der Waals surface area contributed by atoms with Crippen LogP contribution in [-0.2, 0) is 0 Å². The quantitative estimate of drug-likeness (QED) is 0.449. The molecule has 0 unspecified atom stereocenters. The highest BCUT2D eigenvalue weighted by atomic mass is 16.2. The van der Waals surface area contributed by atoms with Crippen LogP contribution in [0.1, 0.15) is 52.8 Å². The number of benzene rings is 2. The number of rotatable bonds is 10. The standard InChI is InChI=1S/C23H24N4O2/c1-24-20-12-8-10-18(16-20)22(28)26-14-6-4-3-5-7-15-27-23(29)19-11-9-13-21(17-19)25-2/h8-13,16-17H,3-7,14-15H2,(H,26,28)(H,27,29). The van der Waals surface area contributed by atoms with Gasteiger partial charge in [0.05, 0.1) is 13.1 Å². The van der Waals surface area contributed by atoms with E-state index in [0.29, 0.717) is 35.6 Å². The number of hydrogen-bond donors (Lipinski definition) is 2. The van der Waals surface area contributed by atoms with Crippen molar-refractivity contribution in [3.05, 3.63) is 82.5 Å². The van der Waals surface area contributed by atoms with Crippen LogP contribution in [0.15, 0.2) is 48.5 Å². The molecule has 0 bridgehead atoms. The van der Waals surface area contributed by atoms with Crippen molar-refractivity contribution in [2.45, 2.75) is 32.1 Å². The Bertz CT molecular complexity index is 849. The second kappa shape index (κ2) is 11.9. The second-order valence-corrected chi connectivity index (χ2v) is 6.60. The van der Waals surface area contributed by atoms with E-state index < -0.39 is 0 Å². The lowest BCUT2D eigenvalue weighted by Gasteiger charge is -2.07. The van der Waals surface area contributed by atoms with Crippen molar-refractivity contribution < 1.29 is 9.59 Å². The van der Waals surface area contributed by atoms with Crippen LogP contribution in [0.2, 0.25) is 0 Å². The van der Waals surface area contributed by atoms with E-state index in [-0.39, 0.29) is 11.8 Å². The summed E-state index contributed by atoms with van der Waals surface area (Å²) in [7, 11) is 0. The maximum atomic E-state index is 12.0. The average molecular weight is 388 g/mol. The molecule has 148 valence electrons. The first-order valence-electron chi connectivity index (χ1n) is 9.65. The molecule has 0 radical (unpaired) electrons. The Morgan fingerprint density at radius 1 is 0.690 bits per heavy atom. The molecule has 0 heterocycles. The fourth-order valence-corrected chi connectivity index (χ4v) is 2.82. The van der Waals surface area contributed by atoms with Gasteiger partial charge in [0.15, 0.2) is 11.4 Å². The van der Waals surface area contributed by atoms with E-state index in [9.17, 15) is 9.59 Å². The lowest BCUT2D eigenvalue weighted by Crippen LogP contribution is -2.24. The van der Waals surface area contributed by atoms with Gasteiger partial charge in [-0.1, -0.05) is 55.7 Å². The minimum absolute atomic E-state index is 0.152. The van der Waals surface area contributed by atoms with Crippen molar-refractivity contribution >= 4 is 23.2 Å². The Morgan fingerprint density at radius 3 is 1.52 bits per heavy atom. The summed E-state index contributed by atoms with van der Waals surface area (Å²) in [5, 5.41) is 5.75. The van der Waals surface area contributed by atoms with E-state index >= 15 is 0 Å². The van der Waals surface area contributed by atoms with Gasteiger partial charge in [0, 0.05) is 24.2 Å². The normalized spacial score (nSPS) is 9.86. The van der Waals surface area contributed by atoms with E-state index in [0.717, 1.165) is 32.1 Å². The molecule has 2 amide bonds. The Kier molecular flexibility index (Phi) is 8.92. The fourth-order valence-electron chi connectivity index (χ4n) is 2.82. The number of nitrogens with one attached hydrogen (secondary N) is 2. The molecule has 0 saturated carbocycles. The van der Waals surface area contributed by atoms with E-state index in [4.69, 9.17) is 13.1 Å².